The van der Waals surface area contributed by atoms with E-state index in [2.05, 4.69) is 29.0 Å². The summed E-state index contributed by atoms with van der Waals surface area (Å²) in [5.41, 5.74) is 2.89. The van der Waals surface area contributed by atoms with E-state index in [9.17, 15) is 14.4 Å². The van der Waals surface area contributed by atoms with Crippen molar-refractivity contribution < 1.29 is 9.59 Å². The second-order valence-corrected chi connectivity index (χ2v) is 9.05. The Morgan fingerprint density at radius 1 is 0.944 bits per heavy atom. The molecule has 1 aromatic heterocycles. The van der Waals surface area contributed by atoms with Crippen molar-refractivity contribution in [2.45, 2.75) is 59.0 Å². The first-order chi connectivity index (χ1) is 17.5. The molecule has 0 bridgehead atoms. The fraction of sp³-hybridized carbons (Fsp3) is 0.367. The minimum atomic E-state index is -0.485. The highest BCUT2D eigenvalue weighted by molar-refractivity contribution is 6.49. The molecule has 1 fully saturated rings. The average Bonchev–Trinajstić information content (AvgIpc) is 3.30. The second kappa shape index (κ2) is 13.5. The molecule has 1 aliphatic rings. The predicted molar refractivity (Wildman–Crippen MR) is 145 cm³/mol. The summed E-state index contributed by atoms with van der Waals surface area (Å²) < 4.78 is 1.85. The molecule has 3 aromatic rings. The molecular formula is C30H37N3O3. The van der Waals surface area contributed by atoms with E-state index in [1.165, 1.54) is 0 Å². The number of carbonyl (C=O) groups is 2. The molecule has 0 atom stereocenters. The number of carbonyl (C=O) groups excluding carboxylic acids is 2. The van der Waals surface area contributed by atoms with Crippen LogP contribution < -0.4 is 5.69 Å². The van der Waals surface area contributed by atoms with Gasteiger partial charge < -0.3 is 4.98 Å². The summed E-state index contributed by atoms with van der Waals surface area (Å²) in [6.45, 7) is 8.81. The number of hydrogen-bond donors (Lipinski definition) is 1. The van der Waals surface area contributed by atoms with Crippen LogP contribution in [0.4, 0.5) is 0 Å². The highest BCUT2D eigenvalue weighted by Gasteiger charge is 2.23. The molecule has 6 nitrogen and oxygen atoms in total. The van der Waals surface area contributed by atoms with Crippen LogP contribution in [0.2, 0.25) is 0 Å². The molecule has 190 valence electrons. The van der Waals surface area contributed by atoms with Crippen molar-refractivity contribution >= 4 is 11.6 Å². The van der Waals surface area contributed by atoms with E-state index in [1.807, 2.05) is 42.8 Å². The van der Waals surface area contributed by atoms with Crippen LogP contribution in [0.25, 0.3) is 0 Å². The van der Waals surface area contributed by atoms with Gasteiger partial charge in [0.25, 0.3) is 0 Å². The molecule has 0 spiro atoms. The molecule has 0 radical (unpaired) electrons. The fourth-order valence-corrected chi connectivity index (χ4v) is 4.37. The number of aryl methyl sites for hydroxylation is 1. The van der Waals surface area contributed by atoms with Gasteiger partial charge in [0.05, 0.1) is 0 Å². The second-order valence-electron chi connectivity index (χ2n) is 9.05. The normalized spacial score (nSPS) is 14.4. The number of rotatable bonds is 8. The maximum atomic E-state index is 12.5. The number of benzene rings is 2. The van der Waals surface area contributed by atoms with Crippen molar-refractivity contribution in [2.75, 3.05) is 13.1 Å². The maximum absolute atomic E-state index is 12.5. The van der Waals surface area contributed by atoms with E-state index >= 15 is 0 Å². The molecule has 1 N–H and O–H groups in total. The summed E-state index contributed by atoms with van der Waals surface area (Å²) >= 11 is 0. The minimum absolute atomic E-state index is 0.0133. The number of hydrogen-bond acceptors (Lipinski definition) is 4. The zero-order chi connectivity index (χ0) is 25.9. The predicted octanol–water partition coefficient (Wildman–Crippen LogP) is 5.61. The Labute approximate surface area is 213 Å². The van der Waals surface area contributed by atoms with Crippen LogP contribution in [-0.2, 0) is 13.0 Å². The lowest BCUT2D eigenvalue weighted by Crippen LogP contribution is -2.36. The molecule has 0 aliphatic carbocycles. The minimum Gasteiger partial charge on any atom is -0.310 e. The molecule has 0 saturated carbocycles. The van der Waals surface area contributed by atoms with Crippen molar-refractivity contribution in [3.8, 4) is 0 Å². The number of ketones is 2. The van der Waals surface area contributed by atoms with Gasteiger partial charge in [0, 0.05) is 48.7 Å². The van der Waals surface area contributed by atoms with Gasteiger partial charge in [-0.1, -0.05) is 80.6 Å². The van der Waals surface area contributed by atoms with Crippen LogP contribution in [0, 0.1) is 0 Å². The fourth-order valence-electron chi connectivity index (χ4n) is 4.37. The van der Waals surface area contributed by atoms with Crippen LogP contribution in [0.15, 0.2) is 77.7 Å². The quantitative estimate of drug-likeness (QED) is 0.254. The van der Waals surface area contributed by atoms with E-state index in [0.717, 1.165) is 56.6 Å². The summed E-state index contributed by atoms with van der Waals surface area (Å²) in [6, 6.07) is 16.2. The molecule has 2 aromatic carbocycles. The van der Waals surface area contributed by atoms with Crippen LogP contribution >= 0.6 is 0 Å². The number of aromatic nitrogens is 2. The van der Waals surface area contributed by atoms with Crippen molar-refractivity contribution in [2.24, 2.45) is 0 Å². The van der Waals surface area contributed by atoms with Crippen LogP contribution in [0.1, 0.15) is 78.0 Å². The van der Waals surface area contributed by atoms with Gasteiger partial charge in [0.2, 0.25) is 11.6 Å². The number of nitrogens with zero attached hydrogens (tertiary/aromatic N) is 2. The zero-order valence-corrected chi connectivity index (χ0v) is 21.6. The largest absolute Gasteiger partial charge is 0.325 e. The van der Waals surface area contributed by atoms with E-state index < -0.39 is 11.6 Å². The lowest BCUT2D eigenvalue weighted by atomic mass is 10.00. The summed E-state index contributed by atoms with van der Waals surface area (Å²) in [4.78, 5) is 42.3. The lowest BCUT2D eigenvalue weighted by Gasteiger charge is -2.32. The monoisotopic (exact) mass is 487 g/mol. The van der Waals surface area contributed by atoms with Gasteiger partial charge in [-0.05, 0) is 38.2 Å². The zero-order valence-electron chi connectivity index (χ0n) is 21.6. The molecule has 1 aliphatic heterocycles. The van der Waals surface area contributed by atoms with Gasteiger partial charge in [0.15, 0.2) is 0 Å². The van der Waals surface area contributed by atoms with Crippen molar-refractivity contribution in [3.05, 3.63) is 106 Å². The maximum Gasteiger partial charge on any atom is 0.325 e. The molecule has 0 amide bonds. The topological polar surface area (TPSA) is 75.2 Å². The summed E-state index contributed by atoms with van der Waals surface area (Å²) in [5, 5.41) is 0. The number of H-pyrrole nitrogens is 1. The Morgan fingerprint density at radius 3 is 2.06 bits per heavy atom. The van der Waals surface area contributed by atoms with Gasteiger partial charge in [-0.15, -0.1) is 0 Å². The van der Waals surface area contributed by atoms with E-state index in [0.29, 0.717) is 11.1 Å². The third-order valence-corrected chi connectivity index (χ3v) is 6.46. The van der Waals surface area contributed by atoms with Crippen LogP contribution in [-0.4, -0.2) is 39.1 Å². The Kier molecular flexibility index (Phi) is 10.2. The van der Waals surface area contributed by atoms with Crippen molar-refractivity contribution in [3.63, 3.8) is 0 Å². The number of Topliss-reactive ketones (excluding diaryl/α,β-unsaturated/α-hetero) is 2. The van der Waals surface area contributed by atoms with Gasteiger partial charge >= 0.3 is 5.69 Å². The number of aromatic amines is 1. The SMILES string of the molecule is C/C=C\CC.CCc1cn(C2CCN(Cc3ccc(C(=O)C(=O)c4ccccc4)cc3)CC2)c(=O)[nH]1. The van der Waals surface area contributed by atoms with Crippen molar-refractivity contribution in [1.82, 2.24) is 14.5 Å². The van der Waals surface area contributed by atoms with Crippen LogP contribution in [0.3, 0.4) is 0 Å². The number of allylic oxidation sites excluding steroid dienone is 2. The first kappa shape index (κ1) is 27.1. The first-order valence-electron chi connectivity index (χ1n) is 12.8. The first-order valence-corrected chi connectivity index (χ1v) is 12.8. The van der Waals surface area contributed by atoms with Gasteiger partial charge in [0.1, 0.15) is 0 Å². The summed E-state index contributed by atoms with van der Waals surface area (Å²) in [6.07, 6.45) is 9.99. The lowest BCUT2D eigenvalue weighted by molar-refractivity contribution is 0.0817. The molecule has 36 heavy (non-hydrogen) atoms. The molecule has 6 heteroatoms. The molecule has 2 heterocycles. The smallest absolute Gasteiger partial charge is 0.310 e. The molecular weight excluding hydrogens is 450 g/mol. The molecule has 0 unspecified atom stereocenters. The van der Waals surface area contributed by atoms with Crippen molar-refractivity contribution in [1.29, 1.82) is 0 Å². The Hall–Kier alpha value is -3.51. The van der Waals surface area contributed by atoms with Gasteiger partial charge in [-0.2, -0.15) is 0 Å². The Morgan fingerprint density at radius 2 is 1.56 bits per heavy atom. The molecule has 1 saturated heterocycles. The number of imidazole rings is 1. The third kappa shape index (κ3) is 7.25. The Balaban J connectivity index is 0.000000658. The Bertz CT molecular complexity index is 1200. The van der Waals surface area contributed by atoms with E-state index in [4.69, 9.17) is 0 Å². The molecule has 4 rings (SSSR count). The summed E-state index contributed by atoms with van der Waals surface area (Å²) in [5.74, 6) is -0.969. The number of likely N-dealkylation sites (tertiary alicyclic amines) is 1. The summed E-state index contributed by atoms with van der Waals surface area (Å²) in [7, 11) is 0. The van der Waals surface area contributed by atoms with Gasteiger partial charge in [-0.3, -0.25) is 19.1 Å². The third-order valence-electron chi connectivity index (χ3n) is 6.46. The van der Waals surface area contributed by atoms with E-state index in [1.54, 1.807) is 36.4 Å². The van der Waals surface area contributed by atoms with Crippen LogP contribution in [0.5, 0.6) is 0 Å². The number of piperidine rings is 1. The average molecular weight is 488 g/mol. The van der Waals surface area contributed by atoms with Gasteiger partial charge in [-0.25, -0.2) is 4.79 Å². The number of nitrogens with one attached hydrogen (secondary N) is 1. The highest BCUT2D eigenvalue weighted by atomic mass is 16.2. The van der Waals surface area contributed by atoms with E-state index in [-0.39, 0.29) is 11.7 Å². The highest BCUT2D eigenvalue weighted by Crippen LogP contribution is 2.23. The standard InChI is InChI=1S/C25H27N3O3.C5H10/c1-2-21-17-28(25(31)26-21)22-12-14-27(15-13-22)16-18-8-10-20(11-9-18)24(30)23(29)19-6-4-3-5-7-19;1-3-5-4-2/h3-11,17,22H,2,12-16H2,1H3,(H,26,31);3,5H,4H2,1-2H3/b;5-3-.